The molecule has 1 aliphatic heterocycles. The molecular formula is C10H20NO9P. The highest BCUT2D eigenvalue weighted by Gasteiger charge is 2.48. The van der Waals surface area contributed by atoms with E-state index in [2.05, 4.69) is 5.32 Å². The highest BCUT2D eigenvalue weighted by molar-refractivity contribution is 7.52. The molecule has 1 heterocycles. The second-order valence-electron chi connectivity index (χ2n) is 4.91. The van der Waals surface area contributed by atoms with Crippen molar-refractivity contribution in [2.24, 2.45) is 0 Å². The van der Waals surface area contributed by atoms with E-state index in [9.17, 15) is 24.7 Å². The lowest BCUT2D eigenvalue weighted by atomic mass is 9.92. The maximum Gasteiger partial charge on any atom is 0.354 e. The van der Waals surface area contributed by atoms with Gasteiger partial charge in [-0.1, -0.05) is 0 Å². The minimum atomic E-state index is -4.71. The molecule has 10 nitrogen and oxygen atoms in total. The first-order valence-electron chi connectivity index (χ1n) is 6.20. The zero-order chi connectivity index (χ0) is 16.4. The summed E-state index contributed by atoms with van der Waals surface area (Å²) in [5.74, 6) is -2.24. The summed E-state index contributed by atoms with van der Waals surface area (Å²) >= 11 is 0. The lowest BCUT2D eigenvalue weighted by Gasteiger charge is -2.42. The summed E-state index contributed by atoms with van der Waals surface area (Å²) in [5.41, 5.74) is 0. The molecule has 11 heteroatoms. The molecule has 1 aliphatic rings. The zero-order valence-electron chi connectivity index (χ0n) is 11.2. The van der Waals surface area contributed by atoms with Gasteiger partial charge in [0.25, 0.3) is 0 Å². The van der Waals surface area contributed by atoms with Crippen LogP contribution in [-0.4, -0.2) is 79.0 Å². The number of nitrogens with one attached hydrogen (secondary N) is 1. The third-order valence-corrected chi connectivity index (χ3v) is 4.27. The molecule has 0 aliphatic carbocycles. The smallest absolute Gasteiger partial charge is 0.354 e. The predicted octanol–water partition coefficient (Wildman–Crippen LogP) is -3.14. The normalized spacial score (nSPS) is 33.3. The molecule has 0 saturated carbocycles. The van der Waals surface area contributed by atoms with Gasteiger partial charge in [0.05, 0.1) is 18.8 Å². The first-order valence-corrected chi connectivity index (χ1v) is 7.89. The average Bonchev–Trinajstić information content (AvgIpc) is 2.37. The maximum absolute atomic E-state index is 11.2. The number of rotatable bonds is 5. The van der Waals surface area contributed by atoms with Gasteiger partial charge in [-0.3, -0.25) is 9.36 Å². The second-order valence-corrected chi connectivity index (χ2v) is 6.67. The van der Waals surface area contributed by atoms with Gasteiger partial charge in [-0.05, 0) is 0 Å². The molecule has 1 amide bonds. The van der Waals surface area contributed by atoms with Crippen molar-refractivity contribution in [3.63, 3.8) is 0 Å². The highest BCUT2D eigenvalue weighted by atomic mass is 31.2. The van der Waals surface area contributed by atoms with E-state index >= 15 is 0 Å². The molecule has 124 valence electrons. The zero-order valence-corrected chi connectivity index (χ0v) is 12.1. The molecule has 0 bridgehead atoms. The lowest BCUT2D eigenvalue weighted by Crippen LogP contribution is -2.62. The summed E-state index contributed by atoms with van der Waals surface area (Å²) in [6.07, 6.45) is -6.75. The molecule has 0 aromatic carbocycles. The van der Waals surface area contributed by atoms with Crippen LogP contribution in [0.5, 0.6) is 0 Å². The Morgan fingerprint density at radius 1 is 1.43 bits per heavy atom. The first-order chi connectivity index (χ1) is 9.57. The Balaban J connectivity index is 3.02. The van der Waals surface area contributed by atoms with E-state index in [0.29, 0.717) is 0 Å². The van der Waals surface area contributed by atoms with Crippen LogP contribution in [0.2, 0.25) is 0 Å². The van der Waals surface area contributed by atoms with Crippen molar-refractivity contribution < 1.29 is 44.3 Å². The van der Waals surface area contributed by atoms with E-state index < -0.39 is 62.8 Å². The standard InChI is InChI=1S/C10H20NO9P/c1-4(13)11-8-5(14)2-7(21(17,18)19)20-10(8)9(16)6(15)3-12/h5-10,12,14-16H,2-3H2,1H3,(H,11,13)(H2,17,18,19)/t5-,6?,7+,8+,9?,10+/m0/s1. The van der Waals surface area contributed by atoms with Gasteiger partial charge in [0, 0.05) is 13.3 Å². The van der Waals surface area contributed by atoms with Crippen LogP contribution < -0.4 is 5.32 Å². The van der Waals surface area contributed by atoms with E-state index in [0.717, 1.165) is 6.92 Å². The summed E-state index contributed by atoms with van der Waals surface area (Å²) in [6, 6.07) is -1.18. The Morgan fingerprint density at radius 2 is 2.00 bits per heavy atom. The SMILES string of the molecule is CC(=O)N[C@@H]1[C@@H](O)C[C@@H](P(=O)(O)O)O[C@H]1C(O)C(O)CO. The van der Waals surface area contributed by atoms with E-state index in [1.54, 1.807) is 0 Å². The largest absolute Gasteiger partial charge is 0.394 e. The number of aliphatic hydroxyl groups excluding tert-OH is 4. The summed E-state index contributed by atoms with van der Waals surface area (Å²) in [6.45, 7) is 0.318. The number of carbonyl (C=O) groups is 1. The van der Waals surface area contributed by atoms with Gasteiger partial charge in [0.15, 0.2) is 5.85 Å². The van der Waals surface area contributed by atoms with Gasteiger partial charge >= 0.3 is 7.60 Å². The Kier molecular flexibility index (Phi) is 6.26. The minimum absolute atomic E-state index is 0.451. The number of aliphatic hydroxyl groups is 4. The van der Waals surface area contributed by atoms with Crippen molar-refractivity contribution in [2.75, 3.05) is 6.61 Å². The quantitative estimate of drug-likeness (QED) is 0.257. The fourth-order valence-corrected chi connectivity index (χ4v) is 2.93. The Hall–Kier alpha value is -0.580. The average molecular weight is 329 g/mol. The van der Waals surface area contributed by atoms with Crippen molar-refractivity contribution in [3.05, 3.63) is 0 Å². The van der Waals surface area contributed by atoms with E-state index in [-0.39, 0.29) is 0 Å². The topological polar surface area (TPSA) is 177 Å². The second kappa shape index (κ2) is 7.12. The number of carbonyl (C=O) groups excluding carboxylic acids is 1. The van der Waals surface area contributed by atoms with Crippen LogP contribution in [0.25, 0.3) is 0 Å². The van der Waals surface area contributed by atoms with Crippen LogP contribution >= 0.6 is 7.60 Å². The van der Waals surface area contributed by atoms with Crippen LogP contribution in [0.1, 0.15) is 13.3 Å². The maximum atomic E-state index is 11.2. The lowest BCUT2D eigenvalue weighted by molar-refractivity contribution is -0.168. The van der Waals surface area contributed by atoms with Crippen LogP contribution in [0, 0.1) is 0 Å². The number of ether oxygens (including phenoxy) is 1. The van der Waals surface area contributed by atoms with Crippen molar-refractivity contribution in [1.82, 2.24) is 5.32 Å². The highest BCUT2D eigenvalue weighted by Crippen LogP contribution is 2.47. The van der Waals surface area contributed by atoms with Crippen molar-refractivity contribution in [1.29, 1.82) is 0 Å². The molecule has 1 fully saturated rings. The Labute approximate surface area is 120 Å². The van der Waals surface area contributed by atoms with Crippen molar-refractivity contribution in [2.45, 2.75) is 49.6 Å². The van der Waals surface area contributed by atoms with Crippen molar-refractivity contribution >= 4 is 13.5 Å². The fraction of sp³-hybridized carbons (Fsp3) is 0.900. The summed E-state index contributed by atoms with van der Waals surface area (Å²) in [5, 5.41) is 40.4. The van der Waals surface area contributed by atoms with E-state index in [4.69, 9.17) is 19.6 Å². The third-order valence-electron chi connectivity index (χ3n) is 3.19. The van der Waals surface area contributed by atoms with E-state index in [1.165, 1.54) is 0 Å². The van der Waals surface area contributed by atoms with Gasteiger partial charge in [-0.15, -0.1) is 0 Å². The van der Waals surface area contributed by atoms with E-state index in [1.807, 2.05) is 0 Å². The Morgan fingerprint density at radius 3 is 2.43 bits per heavy atom. The predicted molar refractivity (Wildman–Crippen MR) is 68.0 cm³/mol. The molecule has 0 spiro atoms. The molecule has 1 rings (SSSR count). The monoisotopic (exact) mass is 329 g/mol. The third kappa shape index (κ3) is 4.70. The van der Waals surface area contributed by atoms with Gasteiger partial charge in [0.1, 0.15) is 18.3 Å². The Bertz CT molecular complexity index is 413. The van der Waals surface area contributed by atoms with Gasteiger partial charge in [-0.2, -0.15) is 0 Å². The number of hydrogen-bond acceptors (Lipinski definition) is 7. The summed E-state index contributed by atoms with van der Waals surface area (Å²) in [4.78, 5) is 29.4. The van der Waals surface area contributed by atoms with Crippen LogP contribution in [0.15, 0.2) is 0 Å². The van der Waals surface area contributed by atoms with Gasteiger partial charge in [0.2, 0.25) is 5.91 Å². The molecule has 7 N–H and O–H groups in total. The molecule has 0 aromatic heterocycles. The number of hydrogen-bond donors (Lipinski definition) is 7. The molecule has 2 unspecified atom stereocenters. The summed E-state index contributed by atoms with van der Waals surface area (Å²) < 4.78 is 16.3. The molecule has 6 atom stereocenters. The molecule has 0 aromatic rings. The van der Waals surface area contributed by atoms with Gasteiger partial charge < -0.3 is 40.3 Å². The van der Waals surface area contributed by atoms with Crippen molar-refractivity contribution in [3.8, 4) is 0 Å². The van der Waals surface area contributed by atoms with Crippen LogP contribution in [0.3, 0.4) is 0 Å². The summed E-state index contributed by atoms with van der Waals surface area (Å²) in [7, 11) is -4.71. The molecule has 0 radical (unpaired) electrons. The molecule has 1 saturated heterocycles. The molecular weight excluding hydrogens is 309 g/mol. The molecule has 21 heavy (non-hydrogen) atoms. The van der Waals surface area contributed by atoms with Crippen LogP contribution in [-0.2, 0) is 14.1 Å². The first kappa shape index (κ1) is 18.5. The van der Waals surface area contributed by atoms with Crippen LogP contribution in [0.4, 0.5) is 0 Å². The van der Waals surface area contributed by atoms with Gasteiger partial charge in [-0.25, -0.2) is 0 Å². The minimum Gasteiger partial charge on any atom is -0.394 e. The fourth-order valence-electron chi connectivity index (χ4n) is 2.14. The number of amides is 1.